The van der Waals surface area contributed by atoms with Crippen molar-refractivity contribution in [3.63, 3.8) is 0 Å². The van der Waals surface area contributed by atoms with Crippen molar-refractivity contribution in [2.75, 3.05) is 0 Å². The van der Waals surface area contributed by atoms with Crippen LogP contribution < -0.4 is 10.9 Å². The maximum Gasteiger partial charge on any atom is 0.201 e. The summed E-state index contributed by atoms with van der Waals surface area (Å²) in [5.41, 5.74) is 2.93. The second-order valence-corrected chi connectivity index (χ2v) is 8.02. The molecule has 0 spiro atoms. The van der Waals surface area contributed by atoms with E-state index in [2.05, 4.69) is 0 Å². The largest absolute Gasteiger partial charge is 0.455 e. The maximum absolute atomic E-state index is 13.8. The zero-order valence-corrected chi connectivity index (χ0v) is 18.0. The molecule has 6 aromatic rings. The van der Waals surface area contributed by atoms with E-state index in [0.717, 1.165) is 11.1 Å². The molecule has 0 aliphatic rings. The Morgan fingerprint density at radius 3 is 1.97 bits per heavy atom. The van der Waals surface area contributed by atoms with Crippen molar-refractivity contribution >= 4 is 21.9 Å². The molecule has 0 aliphatic carbocycles. The van der Waals surface area contributed by atoms with Crippen LogP contribution in [0.3, 0.4) is 0 Å². The smallest absolute Gasteiger partial charge is 0.201 e. The molecule has 4 nitrogen and oxygen atoms in total. The molecule has 34 heavy (non-hydrogen) atoms. The number of rotatable bonds is 3. The molecule has 0 amide bonds. The van der Waals surface area contributed by atoms with Gasteiger partial charge in [0.2, 0.25) is 5.43 Å². The van der Waals surface area contributed by atoms with E-state index in [0.29, 0.717) is 44.6 Å². The van der Waals surface area contributed by atoms with E-state index < -0.39 is 0 Å². The normalized spacial score (nSPS) is 11.2. The highest BCUT2D eigenvalue weighted by molar-refractivity contribution is 5.98. The van der Waals surface area contributed by atoms with Crippen molar-refractivity contribution in [2.24, 2.45) is 0 Å². The van der Waals surface area contributed by atoms with Gasteiger partial charge in [-0.15, -0.1) is 0 Å². The predicted octanol–water partition coefficient (Wildman–Crippen LogP) is 6.90. The van der Waals surface area contributed by atoms with Gasteiger partial charge in [0.1, 0.15) is 22.7 Å². The van der Waals surface area contributed by atoms with Gasteiger partial charge in [-0.05, 0) is 18.2 Å². The van der Waals surface area contributed by atoms with Crippen LogP contribution in [-0.4, -0.2) is 0 Å². The highest BCUT2D eigenvalue weighted by atomic mass is 16.3. The van der Waals surface area contributed by atoms with Gasteiger partial charge < -0.3 is 8.83 Å². The summed E-state index contributed by atoms with van der Waals surface area (Å²) in [5, 5.41) is 0.875. The molecule has 0 aliphatic heterocycles. The van der Waals surface area contributed by atoms with E-state index in [4.69, 9.17) is 8.83 Å². The van der Waals surface area contributed by atoms with Crippen molar-refractivity contribution in [1.29, 1.82) is 0 Å². The van der Waals surface area contributed by atoms with Gasteiger partial charge in [-0.3, -0.25) is 9.59 Å². The molecule has 0 fully saturated rings. The lowest BCUT2D eigenvalue weighted by Gasteiger charge is -2.12. The predicted molar refractivity (Wildman–Crippen MR) is 135 cm³/mol. The van der Waals surface area contributed by atoms with Crippen molar-refractivity contribution in [2.45, 2.75) is 0 Å². The highest BCUT2D eigenvalue weighted by Gasteiger charge is 2.21. The molecule has 0 atom stereocenters. The minimum absolute atomic E-state index is 0.173. The Hall–Kier alpha value is -4.70. The van der Waals surface area contributed by atoms with Gasteiger partial charge in [-0.25, -0.2) is 0 Å². The fourth-order valence-electron chi connectivity index (χ4n) is 4.30. The monoisotopic (exact) mass is 442 g/mol. The van der Waals surface area contributed by atoms with Crippen LogP contribution in [0.5, 0.6) is 0 Å². The van der Waals surface area contributed by atoms with Gasteiger partial charge in [-0.2, -0.15) is 0 Å². The molecule has 0 unspecified atom stereocenters. The summed E-state index contributed by atoms with van der Waals surface area (Å²) < 4.78 is 12.6. The second kappa shape index (κ2) is 8.01. The first kappa shape index (κ1) is 19.9. The second-order valence-electron chi connectivity index (χ2n) is 8.02. The van der Waals surface area contributed by atoms with E-state index in [9.17, 15) is 9.59 Å². The average molecular weight is 442 g/mol. The molecule has 6 rings (SSSR count). The Morgan fingerprint density at radius 2 is 1.21 bits per heavy atom. The van der Waals surface area contributed by atoms with Crippen LogP contribution in [0, 0.1) is 0 Å². The van der Waals surface area contributed by atoms with Crippen LogP contribution in [0.25, 0.3) is 55.7 Å². The number of para-hydroxylation sites is 2. The van der Waals surface area contributed by atoms with Gasteiger partial charge in [0.05, 0.1) is 16.3 Å². The Balaban J connectivity index is 1.74. The topological polar surface area (TPSA) is 60.4 Å². The lowest BCUT2D eigenvalue weighted by molar-refractivity contribution is 0.614. The third-order valence-corrected chi connectivity index (χ3v) is 5.92. The lowest BCUT2D eigenvalue weighted by atomic mass is 9.96. The molecule has 0 saturated carbocycles. The first-order chi connectivity index (χ1) is 16.7. The standard InChI is InChI=1S/C30H18O4/c31-24-18-26(19-10-3-1-4-11-19)34-30-21(24)15-9-16-23(30)27-28(32)22-14-7-8-17-25(22)33-29(27)20-12-5-2-6-13-20/h1-18H. The van der Waals surface area contributed by atoms with Gasteiger partial charge in [-0.1, -0.05) is 84.9 Å². The van der Waals surface area contributed by atoms with Crippen LogP contribution in [0.2, 0.25) is 0 Å². The highest BCUT2D eigenvalue weighted by Crippen LogP contribution is 2.36. The Labute approximate surface area is 194 Å². The molecule has 0 bridgehead atoms. The Kier molecular flexibility index (Phi) is 4.70. The first-order valence-corrected chi connectivity index (χ1v) is 10.9. The molecule has 0 saturated heterocycles. The van der Waals surface area contributed by atoms with Crippen LogP contribution in [0.4, 0.5) is 0 Å². The summed E-state index contributed by atoms with van der Waals surface area (Å²) in [6.07, 6.45) is 0. The molecular weight excluding hydrogens is 424 g/mol. The summed E-state index contributed by atoms with van der Waals surface area (Å²) in [6, 6.07) is 32.9. The summed E-state index contributed by atoms with van der Waals surface area (Å²) in [5.74, 6) is 0.876. The number of benzene rings is 4. The third-order valence-electron chi connectivity index (χ3n) is 5.92. The molecule has 0 radical (unpaired) electrons. The van der Waals surface area contributed by atoms with E-state index >= 15 is 0 Å². The maximum atomic E-state index is 13.8. The Bertz CT molecular complexity index is 1780. The lowest BCUT2D eigenvalue weighted by Crippen LogP contribution is -2.09. The minimum Gasteiger partial charge on any atom is -0.455 e. The molecule has 2 aromatic heterocycles. The SMILES string of the molecule is O=c1c(-c2cccc3c(=O)cc(-c4ccccc4)oc23)c(-c2ccccc2)oc2ccccc12. The van der Waals surface area contributed by atoms with Gasteiger partial charge in [0.25, 0.3) is 0 Å². The van der Waals surface area contributed by atoms with Crippen LogP contribution >= 0.6 is 0 Å². The van der Waals surface area contributed by atoms with E-state index in [1.54, 1.807) is 30.3 Å². The summed E-state index contributed by atoms with van der Waals surface area (Å²) in [7, 11) is 0. The molecular formula is C30H18O4. The number of hydrogen-bond acceptors (Lipinski definition) is 4. The average Bonchev–Trinajstić information content (AvgIpc) is 2.89. The van der Waals surface area contributed by atoms with Gasteiger partial charge in [0.15, 0.2) is 5.43 Å². The first-order valence-electron chi connectivity index (χ1n) is 10.9. The zero-order valence-electron chi connectivity index (χ0n) is 18.0. The van der Waals surface area contributed by atoms with E-state index in [1.165, 1.54) is 6.07 Å². The van der Waals surface area contributed by atoms with E-state index in [1.807, 2.05) is 72.8 Å². The number of fused-ring (bicyclic) bond motifs is 2. The van der Waals surface area contributed by atoms with Crippen molar-refractivity contribution in [3.8, 4) is 33.8 Å². The van der Waals surface area contributed by atoms with Crippen LogP contribution in [0.1, 0.15) is 0 Å². The molecule has 0 N–H and O–H groups in total. The van der Waals surface area contributed by atoms with Crippen molar-refractivity contribution < 1.29 is 8.83 Å². The van der Waals surface area contributed by atoms with Crippen molar-refractivity contribution in [1.82, 2.24) is 0 Å². The summed E-state index contributed by atoms with van der Waals surface area (Å²) in [4.78, 5) is 26.9. The van der Waals surface area contributed by atoms with Crippen LogP contribution in [0.15, 0.2) is 128 Å². The quantitative estimate of drug-likeness (QED) is 0.299. The molecule has 162 valence electrons. The summed E-state index contributed by atoms with van der Waals surface area (Å²) in [6.45, 7) is 0. The van der Waals surface area contributed by atoms with Crippen molar-refractivity contribution in [3.05, 3.63) is 130 Å². The molecule has 2 heterocycles. The Morgan fingerprint density at radius 1 is 0.559 bits per heavy atom. The number of hydrogen-bond donors (Lipinski definition) is 0. The third kappa shape index (κ3) is 3.24. The zero-order chi connectivity index (χ0) is 23.1. The fraction of sp³-hybridized carbons (Fsp3) is 0. The van der Waals surface area contributed by atoms with Gasteiger partial charge >= 0.3 is 0 Å². The van der Waals surface area contributed by atoms with Gasteiger partial charge in [0, 0.05) is 22.8 Å². The molecule has 4 aromatic carbocycles. The summed E-state index contributed by atoms with van der Waals surface area (Å²) >= 11 is 0. The van der Waals surface area contributed by atoms with E-state index in [-0.39, 0.29) is 10.9 Å². The molecule has 4 heteroatoms. The van der Waals surface area contributed by atoms with Crippen LogP contribution in [-0.2, 0) is 0 Å². The minimum atomic E-state index is -0.180. The fourth-order valence-corrected chi connectivity index (χ4v) is 4.30.